The van der Waals surface area contributed by atoms with Crippen LogP contribution in [0.4, 0.5) is 19.0 Å². The Bertz CT molecular complexity index is 600. The third-order valence-electron chi connectivity index (χ3n) is 4.39. The molecule has 3 rings (SSSR count). The molecule has 120 valence electrons. The third-order valence-corrected chi connectivity index (χ3v) is 4.39. The van der Waals surface area contributed by atoms with Crippen molar-refractivity contribution in [3.8, 4) is 0 Å². The maximum Gasteiger partial charge on any atom is 0.417 e. The number of alkyl halides is 3. The van der Waals surface area contributed by atoms with Crippen molar-refractivity contribution in [3.63, 3.8) is 0 Å². The van der Waals surface area contributed by atoms with Gasteiger partial charge in [-0.3, -0.25) is 4.79 Å². The second kappa shape index (κ2) is 5.14. The van der Waals surface area contributed by atoms with Gasteiger partial charge in [0.1, 0.15) is 5.82 Å². The molecule has 0 aromatic carbocycles. The summed E-state index contributed by atoms with van der Waals surface area (Å²) in [6.07, 6.45) is -2.22. The first-order valence-corrected chi connectivity index (χ1v) is 7.39. The van der Waals surface area contributed by atoms with E-state index in [0.717, 1.165) is 18.7 Å². The number of piperazine rings is 1. The summed E-state index contributed by atoms with van der Waals surface area (Å²) in [4.78, 5) is 19.9. The molecule has 1 aromatic heterocycles. The predicted molar refractivity (Wildman–Crippen MR) is 75.5 cm³/mol. The summed E-state index contributed by atoms with van der Waals surface area (Å²) in [5.74, 6) is 0.529. The van der Waals surface area contributed by atoms with Crippen molar-refractivity contribution in [2.24, 2.45) is 0 Å². The largest absolute Gasteiger partial charge is 0.417 e. The molecule has 22 heavy (non-hydrogen) atoms. The van der Waals surface area contributed by atoms with Crippen LogP contribution in [0.3, 0.4) is 0 Å². The van der Waals surface area contributed by atoms with Gasteiger partial charge in [0, 0.05) is 24.8 Å². The Morgan fingerprint density at radius 1 is 1.36 bits per heavy atom. The second-order valence-electron chi connectivity index (χ2n) is 6.16. The molecular weight excluding hydrogens is 295 g/mol. The molecule has 1 atom stereocenters. The van der Waals surface area contributed by atoms with E-state index in [-0.39, 0.29) is 24.5 Å². The fraction of sp³-hybridized carbons (Fsp3) is 0.600. The van der Waals surface area contributed by atoms with Gasteiger partial charge in [-0.2, -0.15) is 13.2 Å². The Labute approximate surface area is 126 Å². The normalized spacial score (nSPS) is 21.9. The fourth-order valence-electron chi connectivity index (χ4n) is 3.21. The predicted octanol–water partition coefficient (Wildman–Crippen LogP) is 2.47. The molecule has 0 N–H and O–H groups in total. The lowest BCUT2D eigenvalue weighted by molar-refractivity contribution is -0.138. The van der Waals surface area contributed by atoms with Crippen molar-refractivity contribution in [1.29, 1.82) is 0 Å². The maximum atomic E-state index is 12.8. The van der Waals surface area contributed by atoms with E-state index in [1.165, 1.54) is 0 Å². The zero-order valence-electron chi connectivity index (χ0n) is 12.5. The Hall–Kier alpha value is -1.79. The summed E-state index contributed by atoms with van der Waals surface area (Å²) in [6.45, 7) is 4.74. The van der Waals surface area contributed by atoms with E-state index in [4.69, 9.17) is 0 Å². The molecule has 1 amide bonds. The van der Waals surface area contributed by atoms with Crippen molar-refractivity contribution in [1.82, 2.24) is 9.88 Å². The van der Waals surface area contributed by atoms with Crippen molar-refractivity contribution >= 4 is 11.7 Å². The summed E-state index contributed by atoms with van der Waals surface area (Å²) in [7, 11) is 0. The van der Waals surface area contributed by atoms with Crippen molar-refractivity contribution < 1.29 is 18.0 Å². The average Bonchev–Trinajstić information content (AvgIpc) is 2.44. The molecule has 0 spiro atoms. The molecule has 3 heterocycles. The molecule has 1 unspecified atom stereocenters. The van der Waals surface area contributed by atoms with E-state index in [1.807, 2.05) is 23.6 Å². The minimum absolute atomic E-state index is 0.000739. The molecule has 2 aliphatic rings. The first-order valence-electron chi connectivity index (χ1n) is 7.39. The molecule has 1 fully saturated rings. The number of amides is 1. The average molecular weight is 313 g/mol. The third kappa shape index (κ3) is 2.53. The quantitative estimate of drug-likeness (QED) is 0.799. The topological polar surface area (TPSA) is 36.4 Å². The van der Waals surface area contributed by atoms with E-state index in [0.29, 0.717) is 24.3 Å². The van der Waals surface area contributed by atoms with Gasteiger partial charge in [0.2, 0.25) is 5.91 Å². The number of hydrogen-bond acceptors (Lipinski definition) is 3. The number of nitrogens with zero attached hydrogens (tertiary/aromatic N) is 3. The van der Waals surface area contributed by atoms with Gasteiger partial charge < -0.3 is 9.80 Å². The van der Waals surface area contributed by atoms with Gasteiger partial charge in [-0.05, 0) is 38.3 Å². The van der Waals surface area contributed by atoms with E-state index in [9.17, 15) is 18.0 Å². The number of fused-ring (bicyclic) bond motifs is 3. The second-order valence-corrected chi connectivity index (χ2v) is 6.16. The van der Waals surface area contributed by atoms with Crippen LogP contribution in [0.25, 0.3) is 0 Å². The number of halogens is 3. The number of anilines is 1. The summed E-state index contributed by atoms with van der Waals surface area (Å²) >= 11 is 0. The number of aromatic nitrogens is 1. The molecule has 0 aliphatic carbocycles. The molecule has 1 aromatic rings. The Kier molecular flexibility index (Phi) is 3.53. The maximum absolute atomic E-state index is 12.8. The molecular formula is C15H18F3N3O. The summed E-state index contributed by atoms with van der Waals surface area (Å²) in [5, 5.41) is 0. The van der Waals surface area contributed by atoms with Gasteiger partial charge in [-0.1, -0.05) is 0 Å². The molecule has 4 nitrogen and oxygen atoms in total. The molecule has 0 bridgehead atoms. The zero-order chi connectivity index (χ0) is 16.1. The lowest BCUT2D eigenvalue weighted by Crippen LogP contribution is -2.59. The highest BCUT2D eigenvalue weighted by Crippen LogP contribution is 2.36. The summed E-state index contributed by atoms with van der Waals surface area (Å²) in [6, 6.07) is 1.44. The van der Waals surface area contributed by atoms with Crippen molar-refractivity contribution in [2.45, 2.75) is 44.9 Å². The monoisotopic (exact) mass is 313 g/mol. The highest BCUT2D eigenvalue weighted by molar-refractivity contribution is 5.83. The van der Waals surface area contributed by atoms with Gasteiger partial charge in [0.15, 0.2) is 0 Å². The minimum atomic E-state index is -4.38. The summed E-state index contributed by atoms with van der Waals surface area (Å²) < 4.78 is 38.3. The number of pyridine rings is 1. The highest BCUT2D eigenvalue weighted by atomic mass is 19.4. The smallest absolute Gasteiger partial charge is 0.342 e. The SMILES string of the molecule is CC(C)N1CC2CCc3cc(C(F)(F)F)cnc3N2CC1=O. The lowest BCUT2D eigenvalue weighted by atomic mass is 9.95. The fourth-order valence-corrected chi connectivity index (χ4v) is 3.21. The van der Waals surface area contributed by atoms with Gasteiger partial charge in [-0.25, -0.2) is 4.98 Å². The molecule has 1 saturated heterocycles. The first kappa shape index (κ1) is 15.1. The Balaban J connectivity index is 1.90. The van der Waals surface area contributed by atoms with Crippen LogP contribution in [-0.2, 0) is 17.4 Å². The van der Waals surface area contributed by atoms with Crippen LogP contribution in [0.1, 0.15) is 31.4 Å². The van der Waals surface area contributed by atoms with Crippen LogP contribution in [0.5, 0.6) is 0 Å². The van der Waals surface area contributed by atoms with E-state index >= 15 is 0 Å². The Morgan fingerprint density at radius 2 is 2.09 bits per heavy atom. The number of carbonyl (C=O) groups excluding carboxylic acids is 1. The van der Waals surface area contributed by atoms with Crippen molar-refractivity contribution in [3.05, 3.63) is 23.4 Å². The van der Waals surface area contributed by atoms with Crippen LogP contribution in [0, 0.1) is 0 Å². The van der Waals surface area contributed by atoms with Gasteiger partial charge >= 0.3 is 6.18 Å². The van der Waals surface area contributed by atoms with Gasteiger partial charge in [0.05, 0.1) is 12.1 Å². The highest BCUT2D eigenvalue weighted by Gasteiger charge is 2.39. The van der Waals surface area contributed by atoms with Gasteiger partial charge in [-0.15, -0.1) is 0 Å². The number of rotatable bonds is 1. The van der Waals surface area contributed by atoms with Crippen LogP contribution in [0.2, 0.25) is 0 Å². The van der Waals surface area contributed by atoms with E-state index in [2.05, 4.69) is 4.98 Å². The van der Waals surface area contributed by atoms with E-state index < -0.39 is 11.7 Å². The van der Waals surface area contributed by atoms with Crippen LogP contribution < -0.4 is 4.90 Å². The molecule has 7 heteroatoms. The first-order chi connectivity index (χ1) is 10.3. The summed E-state index contributed by atoms with van der Waals surface area (Å²) in [5.41, 5.74) is -0.145. The number of hydrogen-bond donors (Lipinski definition) is 0. The van der Waals surface area contributed by atoms with Crippen LogP contribution in [-0.4, -0.2) is 41.0 Å². The molecule has 2 aliphatic heterocycles. The number of aryl methyl sites for hydroxylation is 1. The molecule has 0 saturated carbocycles. The molecule has 0 radical (unpaired) electrons. The van der Waals surface area contributed by atoms with Gasteiger partial charge in [0.25, 0.3) is 0 Å². The van der Waals surface area contributed by atoms with Crippen LogP contribution >= 0.6 is 0 Å². The lowest BCUT2D eigenvalue weighted by Gasteiger charge is -2.46. The number of carbonyl (C=O) groups is 1. The van der Waals surface area contributed by atoms with Crippen LogP contribution in [0.15, 0.2) is 12.3 Å². The van der Waals surface area contributed by atoms with Crippen molar-refractivity contribution in [2.75, 3.05) is 18.0 Å². The van der Waals surface area contributed by atoms with E-state index in [1.54, 1.807) is 0 Å². The Morgan fingerprint density at radius 3 is 2.73 bits per heavy atom. The minimum Gasteiger partial charge on any atom is -0.342 e. The zero-order valence-corrected chi connectivity index (χ0v) is 12.5. The standard InChI is InChI=1S/C15H18F3N3O/c1-9(2)20-7-12-4-3-10-5-11(15(16,17)18)6-19-14(10)21(12)8-13(20)22/h5-6,9,12H,3-4,7-8H2,1-2H3.